The minimum Gasteiger partial charge on any atom is -0.480 e. The lowest BCUT2D eigenvalue weighted by atomic mass is 10.0. The predicted octanol–water partition coefficient (Wildman–Crippen LogP) is 2.02. The number of carbonyl (C=O) groups is 1. The highest BCUT2D eigenvalue weighted by atomic mass is 16.4. The van der Waals surface area contributed by atoms with Crippen LogP contribution in [0.1, 0.15) is 31.7 Å². The maximum Gasteiger partial charge on any atom is 0.320 e. The van der Waals surface area contributed by atoms with Crippen LogP contribution in [-0.4, -0.2) is 23.7 Å². The van der Waals surface area contributed by atoms with E-state index in [9.17, 15) is 4.79 Å². The fourth-order valence-corrected chi connectivity index (χ4v) is 1.48. The Labute approximate surface area is 102 Å². The van der Waals surface area contributed by atoms with Gasteiger partial charge in [-0.15, -0.1) is 0 Å². The van der Waals surface area contributed by atoms with Crippen molar-refractivity contribution in [1.82, 2.24) is 0 Å². The number of carboxylic acid groups (broad SMARTS) is 1. The van der Waals surface area contributed by atoms with Crippen molar-refractivity contribution in [3.8, 4) is 0 Å². The van der Waals surface area contributed by atoms with Gasteiger partial charge in [-0.25, -0.2) is 0 Å². The van der Waals surface area contributed by atoms with Crippen molar-refractivity contribution in [2.24, 2.45) is 5.73 Å². The van der Waals surface area contributed by atoms with Gasteiger partial charge in [0, 0.05) is 12.2 Å². The number of anilines is 1. The van der Waals surface area contributed by atoms with E-state index in [1.54, 1.807) is 0 Å². The third kappa shape index (κ3) is 4.44. The van der Waals surface area contributed by atoms with Crippen molar-refractivity contribution >= 4 is 11.7 Å². The van der Waals surface area contributed by atoms with Crippen LogP contribution in [0.15, 0.2) is 24.3 Å². The van der Waals surface area contributed by atoms with Crippen LogP contribution in [0.25, 0.3) is 0 Å². The summed E-state index contributed by atoms with van der Waals surface area (Å²) in [5, 5.41) is 11.8. The molecular weight excluding hydrogens is 216 g/mol. The molecule has 4 nitrogen and oxygen atoms in total. The van der Waals surface area contributed by atoms with Gasteiger partial charge in [0.2, 0.25) is 0 Å². The van der Waals surface area contributed by atoms with Crippen LogP contribution in [-0.2, 0) is 4.79 Å². The molecule has 1 rings (SSSR count). The minimum atomic E-state index is -0.957. The van der Waals surface area contributed by atoms with Gasteiger partial charge in [0.05, 0.1) is 0 Å². The summed E-state index contributed by atoms with van der Waals surface area (Å²) < 4.78 is 0. The summed E-state index contributed by atoms with van der Waals surface area (Å²) in [5.74, 6) is -0.438. The summed E-state index contributed by atoms with van der Waals surface area (Å²) in [6.07, 6.45) is 0.418. The van der Waals surface area contributed by atoms with E-state index in [1.807, 2.05) is 12.1 Å². The number of nitrogens with one attached hydrogen (secondary N) is 1. The second-order valence-electron chi connectivity index (χ2n) is 4.44. The highest BCUT2D eigenvalue weighted by molar-refractivity contribution is 5.73. The van der Waals surface area contributed by atoms with Crippen LogP contribution in [0.2, 0.25) is 0 Å². The number of carboxylic acids is 1. The van der Waals surface area contributed by atoms with Gasteiger partial charge >= 0.3 is 5.97 Å². The quantitative estimate of drug-likeness (QED) is 0.706. The highest BCUT2D eigenvalue weighted by Gasteiger charge is 2.09. The molecule has 94 valence electrons. The summed E-state index contributed by atoms with van der Waals surface area (Å²) in [6.45, 7) is 4.86. The predicted molar refractivity (Wildman–Crippen MR) is 69.2 cm³/mol. The van der Waals surface area contributed by atoms with E-state index in [1.165, 1.54) is 5.56 Å². The molecule has 0 bridgehead atoms. The zero-order chi connectivity index (χ0) is 12.8. The Balaban J connectivity index is 2.40. The van der Waals surface area contributed by atoms with Crippen molar-refractivity contribution in [2.75, 3.05) is 11.9 Å². The Morgan fingerprint density at radius 2 is 1.94 bits per heavy atom. The molecule has 0 aromatic heterocycles. The number of benzene rings is 1. The van der Waals surface area contributed by atoms with E-state index >= 15 is 0 Å². The monoisotopic (exact) mass is 236 g/mol. The molecule has 0 saturated heterocycles. The third-order valence-electron chi connectivity index (χ3n) is 2.68. The van der Waals surface area contributed by atoms with Gasteiger partial charge in [-0.3, -0.25) is 4.79 Å². The standard InChI is InChI=1S/C13H20N2O2/c1-9(2)10-3-5-11(6-4-10)15-8-7-12(14)13(16)17/h3-6,9,12,15H,7-8,14H2,1-2H3,(H,16,17). The SMILES string of the molecule is CC(C)c1ccc(NCCC(N)C(=O)O)cc1. The number of hydrogen-bond donors (Lipinski definition) is 3. The molecule has 1 unspecified atom stereocenters. The lowest BCUT2D eigenvalue weighted by Gasteiger charge is -2.10. The number of nitrogens with two attached hydrogens (primary N) is 1. The van der Waals surface area contributed by atoms with E-state index in [2.05, 4.69) is 31.3 Å². The topological polar surface area (TPSA) is 75.3 Å². The van der Waals surface area contributed by atoms with E-state index < -0.39 is 12.0 Å². The van der Waals surface area contributed by atoms with E-state index in [0.717, 1.165) is 5.69 Å². The van der Waals surface area contributed by atoms with Crippen molar-refractivity contribution in [2.45, 2.75) is 32.2 Å². The maximum atomic E-state index is 10.5. The van der Waals surface area contributed by atoms with Crippen molar-refractivity contribution in [3.05, 3.63) is 29.8 Å². The lowest BCUT2D eigenvalue weighted by Crippen LogP contribution is -2.32. The van der Waals surface area contributed by atoms with Crippen molar-refractivity contribution in [3.63, 3.8) is 0 Å². The zero-order valence-electron chi connectivity index (χ0n) is 10.3. The second kappa shape index (κ2) is 6.25. The van der Waals surface area contributed by atoms with Crippen LogP contribution in [0, 0.1) is 0 Å². The van der Waals surface area contributed by atoms with E-state index in [0.29, 0.717) is 18.9 Å². The molecule has 0 saturated carbocycles. The molecule has 1 atom stereocenters. The molecule has 1 aromatic rings. The van der Waals surface area contributed by atoms with E-state index in [-0.39, 0.29) is 0 Å². The first-order chi connectivity index (χ1) is 8.00. The molecule has 0 heterocycles. The Hall–Kier alpha value is -1.55. The van der Waals surface area contributed by atoms with Gasteiger partial charge in [0.15, 0.2) is 0 Å². The molecule has 0 aliphatic rings. The van der Waals surface area contributed by atoms with E-state index in [4.69, 9.17) is 10.8 Å². The molecular formula is C13H20N2O2. The van der Waals surface area contributed by atoms with Crippen LogP contribution in [0.4, 0.5) is 5.69 Å². The highest BCUT2D eigenvalue weighted by Crippen LogP contribution is 2.16. The molecule has 0 fully saturated rings. The Morgan fingerprint density at radius 1 is 1.35 bits per heavy atom. The molecule has 0 spiro atoms. The fourth-order valence-electron chi connectivity index (χ4n) is 1.48. The smallest absolute Gasteiger partial charge is 0.320 e. The molecule has 0 radical (unpaired) electrons. The average Bonchev–Trinajstić information content (AvgIpc) is 2.29. The second-order valence-corrected chi connectivity index (χ2v) is 4.44. The lowest BCUT2D eigenvalue weighted by molar-refractivity contribution is -0.138. The molecule has 17 heavy (non-hydrogen) atoms. The van der Waals surface area contributed by atoms with Gasteiger partial charge in [0.25, 0.3) is 0 Å². The third-order valence-corrected chi connectivity index (χ3v) is 2.68. The average molecular weight is 236 g/mol. The number of hydrogen-bond acceptors (Lipinski definition) is 3. The Kier molecular flexibility index (Phi) is 4.97. The van der Waals surface area contributed by atoms with Crippen LogP contribution >= 0.6 is 0 Å². The van der Waals surface area contributed by atoms with Gasteiger partial charge < -0.3 is 16.2 Å². The largest absolute Gasteiger partial charge is 0.480 e. The van der Waals surface area contributed by atoms with Gasteiger partial charge in [-0.1, -0.05) is 26.0 Å². The summed E-state index contributed by atoms with van der Waals surface area (Å²) in [7, 11) is 0. The summed E-state index contributed by atoms with van der Waals surface area (Å²) in [5.41, 5.74) is 7.69. The summed E-state index contributed by atoms with van der Waals surface area (Å²) in [6, 6.07) is 7.36. The number of aliphatic carboxylic acids is 1. The Morgan fingerprint density at radius 3 is 2.41 bits per heavy atom. The molecule has 4 heteroatoms. The fraction of sp³-hybridized carbons (Fsp3) is 0.462. The molecule has 4 N–H and O–H groups in total. The van der Waals surface area contributed by atoms with Gasteiger partial charge in [-0.05, 0) is 30.0 Å². The van der Waals surface area contributed by atoms with Crippen LogP contribution in [0.5, 0.6) is 0 Å². The van der Waals surface area contributed by atoms with Crippen LogP contribution in [0.3, 0.4) is 0 Å². The molecule has 0 aliphatic carbocycles. The van der Waals surface area contributed by atoms with Gasteiger partial charge in [0.1, 0.15) is 6.04 Å². The van der Waals surface area contributed by atoms with Crippen molar-refractivity contribution < 1.29 is 9.90 Å². The minimum absolute atomic E-state index is 0.418. The molecule has 0 aliphatic heterocycles. The zero-order valence-corrected chi connectivity index (χ0v) is 10.3. The normalized spacial score (nSPS) is 12.5. The Bertz CT molecular complexity index is 360. The summed E-state index contributed by atoms with van der Waals surface area (Å²) in [4.78, 5) is 10.5. The van der Waals surface area contributed by atoms with Gasteiger partial charge in [-0.2, -0.15) is 0 Å². The number of rotatable bonds is 6. The first kappa shape index (κ1) is 13.5. The molecule has 1 aromatic carbocycles. The first-order valence-corrected chi connectivity index (χ1v) is 5.83. The van der Waals surface area contributed by atoms with Crippen LogP contribution < -0.4 is 11.1 Å². The first-order valence-electron chi connectivity index (χ1n) is 5.83. The summed E-state index contributed by atoms with van der Waals surface area (Å²) >= 11 is 0. The van der Waals surface area contributed by atoms with Crippen molar-refractivity contribution in [1.29, 1.82) is 0 Å². The maximum absolute atomic E-state index is 10.5. The molecule has 0 amide bonds.